The van der Waals surface area contributed by atoms with Crippen LogP contribution in [0.25, 0.3) is 0 Å². The van der Waals surface area contributed by atoms with Crippen LogP contribution < -0.4 is 15.4 Å². The molecular weight excluding hydrogens is 224 g/mol. The van der Waals surface area contributed by atoms with Crippen LogP contribution in [0.1, 0.15) is 19.4 Å². The minimum Gasteiger partial charge on any atom is -0.493 e. The Morgan fingerprint density at radius 2 is 2.11 bits per heavy atom. The van der Waals surface area contributed by atoms with Crippen molar-refractivity contribution in [1.82, 2.24) is 5.32 Å². The van der Waals surface area contributed by atoms with Crippen LogP contribution in [-0.4, -0.2) is 26.7 Å². The van der Waals surface area contributed by atoms with Crippen LogP contribution in [0.5, 0.6) is 5.75 Å². The molecule has 18 heavy (non-hydrogen) atoms. The van der Waals surface area contributed by atoms with Gasteiger partial charge in [0.1, 0.15) is 5.75 Å². The van der Waals surface area contributed by atoms with Crippen molar-refractivity contribution in [2.24, 2.45) is 11.8 Å². The van der Waals surface area contributed by atoms with Crippen molar-refractivity contribution in [2.75, 3.05) is 32.1 Å². The summed E-state index contributed by atoms with van der Waals surface area (Å²) in [7, 11) is 2.02. The van der Waals surface area contributed by atoms with Crippen LogP contribution in [0.3, 0.4) is 0 Å². The van der Waals surface area contributed by atoms with E-state index in [-0.39, 0.29) is 0 Å². The van der Waals surface area contributed by atoms with E-state index in [1.807, 2.05) is 7.05 Å². The monoisotopic (exact) mass is 248 g/mol. The third-order valence-corrected chi connectivity index (χ3v) is 3.67. The Hall–Kier alpha value is -1.22. The molecule has 2 rings (SSSR count). The molecule has 3 nitrogen and oxygen atoms in total. The Balaban J connectivity index is 1.93. The highest BCUT2D eigenvalue weighted by atomic mass is 16.5. The van der Waals surface area contributed by atoms with Gasteiger partial charge in [-0.1, -0.05) is 13.8 Å². The van der Waals surface area contributed by atoms with Crippen molar-refractivity contribution in [1.29, 1.82) is 0 Å². The number of fused-ring (bicyclic) bond motifs is 1. The molecule has 0 saturated heterocycles. The first-order valence-electron chi connectivity index (χ1n) is 6.85. The van der Waals surface area contributed by atoms with Gasteiger partial charge in [-0.2, -0.15) is 0 Å². The van der Waals surface area contributed by atoms with E-state index in [0.29, 0.717) is 11.8 Å². The number of benzene rings is 1. The summed E-state index contributed by atoms with van der Waals surface area (Å²) in [6, 6.07) is 6.41. The second-order valence-corrected chi connectivity index (χ2v) is 5.36. The van der Waals surface area contributed by atoms with Crippen LogP contribution in [0, 0.1) is 11.8 Å². The van der Waals surface area contributed by atoms with Gasteiger partial charge in [0.15, 0.2) is 0 Å². The molecule has 0 spiro atoms. The average molecular weight is 248 g/mol. The van der Waals surface area contributed by atoms with Crippen LogP contribution >= 0.6 is 0 Å². The predicted molar refractivity (Wildman–Crippen MR) is 76.4 cm³/mol. The summed E-state index contributed by atoms with van der Waals surface area (Å²) < 4.78 is 5.52. The van der Waals surface area contributed by atoms with Crippen LogP contribution in [0.4, 0.5) is 5.69 Å². The smallest absolute Gasteiger partial charge is 0.122 e. The lowest BCUT2D eigenvalue weighted by atomic mass is 9.95. The van der Waals surface area contributed by atoms with Crippen molar-refractivity contribution in [2.45, 2.75) is 20.3 Å². The summed E-state index contributed by atoms with van der Waals surface area (Å²) in [5.74, 6) is 2.39. The Bertz CT molecular complexity index is 390. The van der Waals surface area contributed by atoms with Crippen LogP contribution in [0.15, 0.2) is 18.2 Å². The van der Waals surface area contributed by atoms with E-state index in [1.165, 1.54) is 11.3 Å². The van der Waals surface area contributed by atoms with Gasteiger partial charge in [-0.3, -0.25) is 0 Å². The molecule has 0 aromatic heterocycles. The summed E-state index contributed by atoms with van der Waals surface area (Å²) in [5.41, 5.74) is 2.54. The molecule has 1 heterocycles. The van der Waals surface area contributed by atoms with Gasteiger partial charge in [0.05, 0.1) is 6.61 Å². The van der Waals surface area contributed by atoms with Crippen LogP contribution in [0.2, 0.25) is 0 Å². The number of nitrogens with one attached hydrogen (secondary N) is 2. The van der Waals surface area contributed by atoms with Gasteiger partial charge in [-0.15, -0.1) is 0 Å². The quantitative estimate of drug-likeness (QED) is 0.811. The Morgan fingerprint density at radius 1 is 1.28 bits per heavy atom. The van der Waals surface area contributed by atoms with Crippen molar-refractivity contribution < 1.29 is 4.74 Å². The largest absolute Gasteiger partial charge is 0.493 e. The van der Waals surface area contributed by atoms with E-state index in [9.17, 15) is 0 Å². The molecule has 0 bridgehead atoms. The molecule has 0 fully saturated rings. The summed E-state index contributed by atoms with van der Waals surface area (Å²) >= 11 is 0. The summed E-state index contributed by atoms with van der Waals surface area (Å²) in [6.07, 6.45) is 1.04. The molecule has 1 aliphatic rings. The topological polar surface area (TPSA) is 33.3 Å². The highest BCUT2D eigenvalue weighted by Gasteiger charge is 2.14. The standard InChI is InChI=1S/C15H24N2O/c1-11(2)13(9-16-3)10-17-14-4-5-15-12(8-14)6-7-18-15/h4-5,8,11,13,16-17H,6-7,9-10H2,1-3H3. The first-order valence-corrected chi connectivity index (χ1v) is 6.85. The molecule has 1 aromatic rings. The van der Waals surface area contributed by atoms with Gasteiger partial charge < -0.3 is 15.4 Å². The maximum atomic E-state index is 5.52. The third-order valence-electron chi connectivity index (χ3n) is 3.67. The molecule has 3 heteroatoms. The van der Waals surface area contributed by atoms with Gasteiger partial charge in [-0.05, 0) is 49.2 Å². The summed E-state index contributed by atoms with van der Waals surface area (Å²) in [4.78, 5) is 0. The first kappa shape index (κ1) is 13.2. The Kier molecular flexibility index (Phi) is 4.48. The van der Waals surface area contributed by atoms with E-state index in [2.05, 4.69) is 42.7 Å². The van der Waals surface area contributed by atoms with E-state index < -0.39 is 0 Å². The second-order valence-electron chi connectivity index (χ2n) is 5.36. The number of ether oxygens (including phenoxy) is 1. The first-order chi connectivity index (χ1) is 8.70. The normalized spacial score (nSPS) is 15.3. The molecule has 1 atom stereocenters. The van der Waals surface area contributed by atoms with Gasteiger partial charge in [0, 0.05) is 18.7 Å². The zero-order valence-corrected chi connectivity index (χ0v) is 11.6. The Morgan fingerprint density at radius 3 is 2.83 bits per heavy atom. The fourth-order valence-corrected chi connectivity index (χ4v) is 2.35. The molecule has 1 unspecified atom stereocenters. The number of hydrogen-bond acceptors (Lipinski definition) is 3. The lowest BCUT2D eigenvalue weighted by Crippen LogP contribution is -2.29. The fourth-order valence-electron chi connectivity index (χ4n) is 2.35. The summed E-state index contributed by atoms with van der Waals surface area (Å²) in [5, 5.41) is 6.81. The van der Waals surface area contributed by atoms with Gasteiger partial charge in [-0.25, -0.2) is 0 Å². The molecule has 0 saturated carbocycles. The molecular formula is C15H24N2O. The lowest BCUT2D eigenvalue weighted by Gasteiger charge is -2.21. The number of anilines is 1. The van der Waals surface area contributed by atoms with Gasteiger partial charge in [0.25, 0.3) is 0 Å². The fraction of sp³-hybridized carbons (Fsp3) is 0.600. The van der Waals surface area contributed by atoms with Crippen LogP contribution in [-0.2, 0) is 6.42 Å². The Labute approximate surface area is 110 Å². The zero-order chi connectivity index (χ0) is 13.0. The highest BCUT2D eigenvalue weighted by Crippen LogP contribution is 2.28. The minimum atomic E-state index is 0.652. The lowest BCUT2D eigenvalue weighted by molar-refractivity contribution is 0.357. The van der Waals surface area contributed by atoms with Crippen molar-refractivity contribution in [3.05, 3.63) is 23.8 Å². The van der Waals surface area contributed by atoms with Gasteiger partial charge >= 0.3 is 0 Å². The summed E-state index contributed by atoms with van der Waals surface area (Å²) in [6.45, 7) is 7.45. The van der Waals surface area contributed by atoms with Crippen molar-refractivity contribution in [3.8, 4) is 5.75 Å². The maximum Gasteiger partial charge on any atom is 0.122 e. The highest BCUT2D eigenvalue weighted by molar-refractivity contribution is 5.52. The second kappa shape index (κ2) is 6.10. The van der Waals surface area contributed by atoms with Gasteiger partial charge in [0.2, 0.25) is 0 Å². The molecule has 0 amide bonds. The maximum absolute atomic E-state index is 5.52. The number of hydrogen-bond donors (Lipinski definition) is 2. The minimum absolute atomic E-state index is 0.652. The van der Waals surface area contributed by atoms with E-state index in [0.717, 1.165) is 31.9 Å². The molecule has 1 aromatic carbocycles. The molecule has 1 aliphatic heterocycles. The molecule has 0 radical (unpaired) electrons. The zero-order valence-electron chi connectivity index (χ0n) is 11.6. The number of rotatable bonds is 6. The predicted octanol–water partition coefficient (Wildman–Crippen LogP) is 2.53. The van der Waals surface area contributed by atoms with Crippen molar-refractivity contribution >= 4 is 5.69 Å². The molecule has 0 aliphatic carbocycles. The molecule has 2 N–H and O–H groups in total. The average Bonchev–Trinajstić information content (AvgIpc) is 2.81. The van der Waals surface area contributed by atoms with E-state index in [4.69, 9.17) is 4.74 Å². The van der Waals surface area contributed by atoms with Crippen molar-refractivity contribution in [3.63, 3.8) is 0 Å². The van der Waals surface area contributed by atoms with E-state index >= 15 is 0 Å². The SMILES string of the molecule is CNCC(CNc1ccc2c(c1)CCO2)C(C)C. The van der Waals surface area contributed by atoms with E-state index in [1.54, 1.807) is 0 Å². The third kappa shape index (κ3) is 3.16. The molecule has 100 valence electrons.